The normalized spacial score (nSPS) is 28.0. The summed E-state index contributed by atoms with van der Waals surface area (Å²) in [7, 11) is -3.53. The summed E-state index contributed by atoms with van der Waals surface area (Å²) in [4.78, 5) is 0.302. The molecule has 1 aliphatic heterocycles. The lowest BCUT2D eigenvalue weighted by Gasteiger charge is -2.32. The third-order valence-electron chi connectivity index (χ3n) is 5.29. The van der Waals surface area contributed by atoms with Crippen molar-refractivity contribution in [2.45, 2.75) is 56.0 Å². The maximum Gasteiger partial charge on any atom is 0.247 e. The third-order valence-corrected chi connectivity index (χ3v) is 7.33. The summed E-state index contributed by atoms with van der Waals surface area (Å²) in [6.07, 6.45) is 6.65. The Morgan fingerprint density at radius 2 is 2.08 bits per heavy atom. The fraction of sp³-hybridized carbons (Fsp3) is 0.529. The summed E-state index contributed by atoms with van der Waals surface area (Å²) in [5, 5.41) is 7.52. The zero-order valence-corrected chi connectivity index (χ0v) is 14.4. The smallest absolute Gasteiger partial charge is 0.247 e. The molecular weight excluding hydrogens is 326 g/mol. The van der Waals surface area contributed by atoms with Crippen LogP contribution in [0.15, 0.2) is 40.0 Å². The van der Waals surface area contributed by atoms with E-state index in [4.69, 9.17) is 4.42 Å². The van der Waals surface area contributed by atoms with Gasteiger partial charge in [-0.2, -0.15) is 4.31 Å². The van der Waals surface area contributed by atoms with E-state index in [9.17, 15) is 8.42 Å². The molecule has 1 aliphatic carbocycles. The van der Waals surface area contributed by atoms with Gasteiger partial charge in [-0.05, 0) is 50.3 Å². The molecule has 2 heterocycles. The van der Waals surface area contributed by atoms with Crippen LogP contribution in [0.2, 0.25) is 0 Å². The fourth-order valence-electron chi connectivity index (χ4n) is 4.29. The van der Waals surface area contributed by atoms with Gasteiger partial charge in [-0.25, -0.2) is 8.42 Å². The molecule has 0 bridgehead atoms. The van der Waals surface area contributed by atoms with E-state index >= 15 is 0 Å². The van der Waals surface area contributed by atoms with Crippen LogP contribution in [0.5, 0.6) is 0 Å². The number of rotatable bonds is 3. The highest BCUT2D eigenvalue weighted by atomic mass is 32.2. The number of benzene rings is 1. The van der Waals surface area contributed by atoms with E-state index in [-0.39, 0.29) is 12.1 Å². The molecule has 3 unspecified atom stereocenters. The quantitative estimate of drug-likeness (QED) is 0.853. The highest BCUT2D eigenvalue weighted by Gasteiger charge is 2.46. The minimum absolute atomic E-state index is 0.0511. The molecule has 1 saturated heterocycles. The molecule has 0 radical (unpaired) electrons. The Labute approximate surface area is 141 Å². The van der Waals surface area contributed by atoms with Crippen molar-refractivity contribution in [1.29, 1.82) is 0 Å². The highest BCUT2D eigenvalue weighted by Crippen LogP contribution is 2.42. The minimum atomic E-state index is -3.53. The second kappa shape index (κ2) is 5.97. The van der Waals surface area contributed by atoms with Crippen LogP contribution in [0.3, 0.4) is 0 Å². The van der Waals surface area contributed by atoms with E-state index in [1.165, 1.54) is 12.8 Å². The lowest BCUT2D eigenvalue weighted by molar-refractivity contribution is 0.248. The molecule has 128 valence electrons. The van der Waals surface area contributed by atoms with Crippen molar-refractivity contribution < 1.29 is 12.8 Å². The first kappa shape index (κ1) is 15.8. The molecule has 0 spiro atoms. The van der Waals surface area contributed by atoms with Crippen molar-refractivity contribution >= 4 is 10.0 Å². The van der Waals surface area contributed by atoms with Gasteiger partial charge in [0.25, 0.3) is 0 Å². The Kier molecular flexibility index (Phi) is 3.92. The Hall–Kier alpha value is -1.73. The maximum absolute atomic E-state index is 13.3. The van der Waals surface area contributed by atoms with Gasteiger partial charge < -0.3 is 4.42 Å². The third kappa shape index (κ3) is 2.56. The van der Waals surface area contributed by atoms with Crippen LogP contribution >= 0.6 is 0 Å². The first-order valence-corrected chi connectivity index (χ1v) is 9.91. The lowest BCUT2D eigenvalue weighted by Crippen LogP contribution is -2.42. The van der Waals surface area contributed by atoms with Gasteiger partial charge in [-0.1, -0.05) is 18.9 Å². The Morgan fingerprint density at radius 3 is 2.88 bits per heavy atom. The predicted octanol–water partition coefficient (Wildman–Crippen LogP) is 3.08. The standard InChI is InChI=1S/C17H21N3O3S/c1-12-9-13-5-2-3-8-16(13)20(12)24(21,22)15-7-4-6-14(10-15)17-19-18-11-23-17/h4,6-7,10-13,16H,2-3,5,8-9H2,1H3. The molecule has 1 saturated carbocycles. The molecule has 3 atom stereocenters. The minimum Gasteiger partial charge on any atom is -0.423 e. The first-order chi connectivity index (χ1) is 11.6. The Bertz CT molecular complexity index is 819. The van der Waals surface area contributed by atoms with Crippen LogP contribution in [0.4, 0.5) is 0 Å². The van der Waals surface area contributed by atoms with Crippen molar-refractivity contribution in [2.75, 3.05) is 0 Å². The van der Waals surface area contributed by atoms with E-state index in [2.05, 4.69) is 10.2 Å². The maximum atomic E-state index is 13.3. The van der Waals surface area contributed by atoms with Gasteiger partial charge in [0.1, 0.15) is 0 Å². The van der Waals surface area contributed by atoms with Gasteiger partial charge in [0.15, 0.2) is 0 Å². The summed E-state index contributed by atoms with van der Waals surface area (Å²) in [6.45, 7) is 2.03. The van der Waals surface area contributed by atoms with Crippen LogP contribution in [0.25, 0.3) is 11.5 Å². The average molecular weight is 347 g/mol. The van der Waals surface area contributed by atoms with Gasteiger partial charge in [0, 0.05) is 17.6 Å². The summed E-state index contributed by atoms with van der Waals surface area (Å²) in [5.74, 6) is 0.833. The lowest BCUT2D eigenvalue weighted by atomic mass is 9.85. The predicted molar refractivity (Wildman–Crippen MR) is 88.6 cm³/mol. The number of sulfonamides is 1. The van der Waals surface area contributed by atoms with E-state index < -0.39 is 10.0 Å². The molecule has 6 nitrogen and oxygen atoms in total. The molecule has 1 aromatic carbocycles. The number of nitrogens with zero attached hydrogens (tertiary/aromatic N) is 3. The summed E-state index contributed by atoms with van der Waals surface area (Å²) in [6, 6.07) is 6.99. The zero-order valence-electron chi connectivity index (χ0n) is 13.6. The fourth-order valence-corrected chi connectivity index (χ4v) is 6.26. The summed E-state index contributed by atoms with van der Waals surface area (Å²) in [5.41, 5.74) is 0.626. The van der Waals surface area contributed by atoms with Crippen LogP contribution in [0.1, 0.15) is 39.0 Å². The molecule has 0 amide bonds. The van der Waals surface area contributed by atoms with Crippen molar-refractivity contribution in [3.63, 3.8) is 0 Å². The highest BCUT2D eigenvalue weighted by molar-refractivity contribution is 7.89. The number of aromatic nitrogens is 2. The van der Waals surface area contributed by atoms with E-state index in [1.54, 1.807) is 28.6 Å². The molecule has 24 heavy (non-hydrogen) atoms. The van der Waals surface area contributed by atoms with Gasteiger partial charge in [0.2, 0.25) is 22.3 Å². The van der Waals surface area contributed by atoms with E-state index in [0.29, 0.717) is 22.3 Å². The van der Waals surface area contributed by atoms with Gasteiger partial charge in [-0.15, -0.1) is 10.2 Å². The topological polar surface area (TPSA) is 76.3 Å². The number of hydrogen-bond acceptors (Lipinski definition) is 5. The second-order valence-electron chi connectivity index (χ2n) is 6.80. The largest absolute Gasteiger partial charge is 0.423 e. The SMILES string of the molecule is CC1CC2CCCCC2N1S(=O)(=O)c1cccc(-c2nnco2)c1. The molecule has 7 heteroatoms. The molecule has 2 fully saturated rings. The Morgan fingerprint density at radius 1 is 1.25 bits per heavy atom. The van der Waals surface area contributed by atoms with Crippen molar-refractivity contribution in [3.8, 4) is 11.5 Å². The van der Waals surface area contributed by atoms with Crippen LogP contribution in [-0.4, -0.2) is 35.0 Å². The molecule has 4 rings (SSSR count). The molecule has 2 aromatic rings. The van der Waals surface area contributed by atoms with Crippen LogP contribution < -0.4 is 0 Å². The van der Waals surface area contributed by atoms with Gasteiger partial charge in [-0.3, -0.25) is 0 Å². The Balaban J connectivity index is 1.71. The van der Waals surface area contributed by atoms with Gasteiger partial charge in [0.05, 0.1) is 4.90 Å². The van der Waals surface area contributed by atoms with Crippen LogP contribution in [-0.2, 0) is 10.0 Å². The molecular formula is C17H21N3O3S. The van der Waals surface area contributed by atoms with Crippen molar-refractivity contribution in [1.82, 2.24) is 14.5 Å². The molecule has 0 N–H and O–H groups in total. The first-order valence-electron chi connectivity index (χ1n) is 8.47. The van der Waals surface area contributed by atoms with Gasteiger partial charge >= 0.3 is 0 Å². The average Bonchev–Trinajstić information content (AvgIpc) is 3.21. The molecule has 1 aromatic heterocycles. The molecule has 2 aliphatic rings. The van der Waals surface area contributed by atoms with Crippen molar-refractivity contribution in [3.05, 3.63) is 30.7 Å². The summed E-state index contributed by atoms with van der Waals surface area (Å²) >= 11 is 0. The van der Waals surface area contributed by atoms with Crippen LogP contribution in [0, 0.1) is 5.92 Å². The van der Waals surface area contributed by atoms with E-state index in [1.807, 2.05) is 6.92 Å². The number of fused-ring (bicyclic) bond motifs is 1. The van der Waals surface area contributed by atoms with E-state index in [0.717, 1.165) is 25.7 Å². The number of hydrogen-bond donors (Lipinski definition) is 0. The second-order valence-corrected chi connectivity index (χ2v) is 8.65. The zero-order chi connectivity index (χ0) is 16.7. The summed E-state index contributed by atoms with van der Waals surface area (Å²) < 4.78 is 33.5. The monoisotopic (exact) mass is 347 g/mol. The van der Waals surface area contributed by atoms with Crippen molar-refractivity contribution in [2.24, 2.45) is 5.92 Å².